The number of benzene rings is 3. The van der Waals surface area contributed by atoms with E-state index in [1.54, 1.807) is 0 Å². The molecule has 3 aliphatic rings. The Morgan fingerprint density at radius 3 is 1.80 bits per heavy atom. The predicted molar refractivity (Wildman–Crippen MR) is 133 cm³/mol. The highest BCUT2D eigenvalue weighted by Gasteiger charge is 2.63. The summed E-state index contributed by atoms with van der Waals surface area (Å²) in [4.78, 5) is 39.4. The van der Waals surface area contributed by atoms with Gasteiger partial charge in [0.1, 0.15) is 5.69 Å². The molecule has 0 unspecified atom stereocenters. The molecular formula is C28H19ClN2O4. The summed E-state index contributed by atoms with van der Waals surface area (Å²) in [6, 6.07) is 24.0. The lowest BCUT2D eigenvalue weighted by Crippen LogP contribution is -2.33. The lowest BCUT2D eigenvalue weighted by Gasteiger charge is -2.21. The molecule has 1 heterocycles. The number of rotatable bonds is 4. The van der Waals surface area contributed by atoms with Crippen molar-refractivity contribution in [1.29, 1.82) is 0 Å². The van der Waals surface area contributed by atoms with E-state index in [-0.39, 0.29) is 28.2 Å². The summed E-state index contributed by atoms with van der Waals surface area (Å²) < 4.78 is 0. The number of allylic oxidation sites excluding steroid dienone is 3. The molecule has 3 aromatic carbocycles. The Bertz CT molecular complexity index is 1370. The Morgan fingerprint density at radius 2 is 1.31 bits per heavy atom. The van der Waals surface area contributed by atoms with E-state index in [0.717, 1.165) is 27.2 Å². The minimum Gasteiger partial charge on any atom is -0.274 e. The molecule has 0 spiro atoms. The van der Waals surface area contributed by atoms with E-state index in [2.05, 4.69) is 0 Å². The van der Waals surface area contributed by atoms with E-state index in [9.17, 15) is 19.7 Å². The number of carbonyl (C=O) groups excluding carboxylic acids is 2. The van der Waals surface area contributed by atoms with Crippen molar-refractivity contribution in [3.63, 3.8) is 0 Å². The maximum Gasteiger partial charge on any atom is 0.294 e. The van der Waals surface area contributed by atoms with Gasteiger partial charge in [0, 0.05) is 22.9 Å². The fraction of sp³-hybridized carbons (Fsp3) is 0.143. The van der Waals surface area contributed by atoms with Crippen LogP contribution in [0.3, 0.4) is 0 Å². The van der Waals surface area contributed by atoms with Gasteiger partial charge < -0.3 is 0 Å². The maximum atomic E-state index is 13.7. The van der Waals surface area contributed by atoms with E-state index in [4.69, 9.17) is 11.6 Å². The Balaban J connectivity index is 1.49. The fourth-order valence-corrected chi connectivity index (χ4v) is 6.04. The average molecular weight is 483 g/mol. The molecule has 4 atom stereocenters. The number of hydrogen-bond acceptors (Lipinski definition) is 4. The Labute approximate surface area is 206 Å². The molecule has 7 heteroatoms. The third-order valence-corrected chi connectivity index (χ3v) is 7.44. The summed E-state index contributed by atoms with van der Waals surface area (Å²) in [6.45, 7) is 0. The van der Waals surface area contributed by atoms with Crippen molar-refractivity contribution < 1.29 is 14.5 Å². The number of hydrogen-bond donors (Lipinski definition) is 0. The first-order valence-electron chi connectivity index (χ1n) is 11.3. The molecule has 2 bridgehead atoms. The molecule has 0 N–H and O–H groups in total. The third kappa shape index (κ3) is 3.17. The normalized spacial score (nSPS) is 24.3. The summed E-state index contributed by atoms with van der Waals surface area (Å²) in [5, 5.41) is 11.8. The molecule has 2 fully saturated rings. The van der Waals surface area contributed by atoms with Crippen LogP contribution in [0.15, 0.2) is 96.6 Å². The predicted octanol–water partition coefficient (Wildman–Crippen LogP) is 5.67. The van der Waals surface area contributed by atoms with Crippen LogP contribution >= 0.6 is 11.6 Å². The molecule has 3 aromatic rings. The number of carbonyl (C=O) groups is 2. The molecule has 35 heavy (non-hydrogen) atoms. The molecule has 2 aliphatic carbocycles. The van der Waals surface area contributed by atoms with Crippen LogP contribution < -0.4 is 4.90 Å². The number of anilines is 1. The summed E-state index contributed by atoms with van der Waals surface area (Å²) in [5.74, 6) is -2.50. The zero-order chi connectivity index (χ0) is 24.3. The van der Waals surface area contributed by atoms with Crippen LogP contribution in [0.1, 0.15) is 11.1 Å². The number of amides is 2. The number of nitrogens with zero attached hydrogens (tertiary/aromatic N) is 2. The van der Waals surface area contributed by atoms with Crippen LogP contribution in [0.25, 0.3) is 5.57 Å². The van der Waals surface area contributed by atoms with Gasteiger partial charge >= 0.3 is 0 Å². The number of halogens is 1. The molecule has 1 saturated heterocycles. The van der Waals surface area contributed by atoms with Gasteiger partial charge in [0.25, 0.3) is 5.69 Å². The van der Waals surface area contributed by atoms with Crippen LogP contribution in [-0.2, 0) is 9.59 Å². The smallest absolute Gasteiger partial charge is 0.274 e. The fourth-order valence-electron chi connectivity index (χ4n) is 5.88. The van der Waals surface area contributed by atoms with Gasteiger partial charge in [-0.25, -0.2) is 4.90 Å². The van der Waals surface area contributed by atoms with E-state index < -0.39 is 28.6 Å². The average Bonchev–Trinajstić information content (AvgIpc) is 3.50. The minimum atomic E-state index is -0.614. The summed E-state index contributed by atoms with van der Waals surface area (Å²) in [7, 11) is 0. The van der Waals surface area contributed by atoms with Crippen molar-refractivity contribution in [1.82, 2.24) is 0 Å². The summed E-state index contributed by atoms with van der Waals surface area (Å²) >= 11 is 5.95. The van der Waals surface area contributed by atoms with Crippen molar-refractivity contribution >= 4 is 40.4 Å². The quantitative estimate of drug-likeness (QED) is 0.207. The van der Waals surface area contributed by atoms with E-state index in [1.165, 1.54) is 18.2 Å². The molecule has 1 saturated carbocycles. The zero-order valence-corrected chi connectivity index (χ0v) is 19.1. The van der Waals surface area contributed by atoms with Gasteiger partial charge in [0.05, 0.1) is 16.8 Å². The largest absolute Gasteiger partial charge is 0.294 e. The molecule has 6 nitrogen and oxygen atoms in total. The van der Waals surface area contributed by atoms with Crippen molar-refractivity contribution in [3.05, 3.63) is 123 Å². The van der Waals surface area contributed by atoms with Gasteiger partial charge in [-0.05, 0) is 34.4 Å². The van der Waals surface area contributed by atoms with Crippen LogP contribution in [0.2, 0.25) is 5.02 Å². The first kappa shape index (κ1) is 21.5. The van der Waals surface area contributed by atoms with Crippen molar-refractivity contribution in [2.75, 3.05) is 4.90 Å². The number of nitro groups is 1. The molecule has 1 aliphatic heterocycles. The van der Waals surface area contributed by atoms with Gasteiger partial charge in [0.15, 0.2) is 0 Å². The molecule has 172 valence electrons. The molecule has 0 aromatic heterocycles. The first-order chi connectivity index (χ1) is 17.0. The Kier molecular flexibility index (Phi) is 4.93. The van der Waals surface area contributed by atoms with Crippen molar-refractivity contribution in [2.45, 2.75) is 0 Å². The van der Waals surface area contributed by atoms with Crippen molar-refractivity contribution in [3.8, 4) is 0 Å². The van der Waals surface area contributed by atoms with E-state index in [1.807, 2.05) is 72.8 Å². The SMILES string of the molecule is O=C1[C@@H]2[C@H](C(=O)N1c1ccc(Cl)cc1[N+](=O)[O-])[C@@H]1C=C[C@H]2C1=C(c1ccccc1)c1ccccc1. The second-order valence-electron chi connectivity index (χ2n) is 8.95. The van der Waals surface area contributed by atoms with E-state index in [0.29, 0.717) is 0 Å². The van der Waals surface area contributed by atoms with Gasteiger partial charge in [-0.15, -0.1) is 0 Å². The lowest BCUT2D eigenvalue weighted by atomic mass is 9.85. The van der Waals surface area contributed by atoms with Crippen molar-refractivity contribution in [2.24, 2.45) is 23.7 Å². The molecule has 0 radical (unpaired) electrons. The summed E-state index contributed by atoms with van der Waals surface area (Å²) in [6.07, 6.45) is 4.02. The Morgan fingerprint density at radius 1 is 0.800 bits per heavy atom. The maximum absolute atomic E-state index is 13.7. The first-order valence-corrected chi connectivity index (χ1v) is 11.7. The van der Waals surface area contributed by atoms with Gasteiger partial charge in [-0.1, -0.05) is 84.4 Å². The Hall–Kier alpha value is -4.03. The van der Waals surface area contributed by atoms with Crippen LogP contribution in [0.5, 0.6) is 0 Å². The standard InChI is InChI=1S/C28H19ClN2O4/c29-18-11-14-21(22(15-18)31(34)35)30-27(32)25-19-12-13-20(26(25)28(30)33)24(19)23(16-7-3-1-4-8-16)17-9-5-2-6-10-17/h1-15,19-20,25-26H/t19-,20+,25-,26+. The highest BCUT2D eigenvalue weighted by molar-refractivity contribution is 6.31. The van der Waals surface area contributed by atoms with Crippen LogP contribution in [-0.4, -0.2) is 16.7 Å². The van der Waals surface area contributed by atoms with Gasteiger partial charge in [-0.2, -0.15) is 0 Å². The molecular weight excluding hydrogens is 464 g/mol. The third-order valence-electron chi connectivity index (χ3n) is 7.20. The minimum absolute atomic E-state index is 0.0277. The second-order valence-corrected chi connectivity index (χ2v) is 9.39. The highest BCUT2D eigenvalue weighted by atomic mass is 35.5. The van der Waals surface area contributed by atoms with Gasteiger partial charge in [-0.3, -0.25) is 19.7 Å². The lowest BCUT2D eigenvalue weighted by molar-refractivity contribution is -0.384. The summed E-state index contributed by atoms with van der Waals surface area (Å²) in [5.41, 5.74) is 3.76. The molecule has 2 amide bonds. The number of nitro benzene ring substituents is 1. The molecule has 6 rings (SSSR count). The zero-order valence-electron chi connectivity index (χ0n) is 18.4. The topological polar surface area (TPSA) is 80.5 Å². The van der Waals surface area contributed by atoms with Crippen LogP contribution in [0, 0.1) is 33.8 Å². The number of fused-ring (bicyclic) bond motifs is 5. The van der Waals surface area contributed by atoms with E-state index >= 15 is 0 Å². The van der Waals surface area contributed by atoms with Gasteiger partial charge in [0.2, 0.25) is 11.8 Å². The highest BCUT2D eigenvalue weighted by Crippen LogP contribution is 2.59. The van der Waals surface area contributed by atoms with Crippen LogP contribution in [0.4, 0.5) is 11.4 Å². The monoisotopic (exact) mass is 482 g/mol. The number of imide groups is 1. The second kappa shape index (κ2) is 8.03.